The number of rotatable bonds is 11. The number of aliphatic carboxylic acids is 3. The summed E-state index contributed by atoms with van der Waals surface area (Å²) in [4.78, 5) is 46.7. The van der Waals surface area contributed by atoms with Gasteiger partial charge in [0.05, 0.1) is 18.9 Å². The van der Waals surface area contributed by atoms with E-state index in [1.54, 1.807) is 18.3 Å². The molecule has 1 amide bonds. The number of benzene rings is 1. The lowest BCUT2D eigenvalue weighted by atomic mass is 9.91. The quantitative estimate of drug-likeness (QED) is 0.191. The maximum absolute atomic E-state index is 14.4. The third-order valence-electron chi connectivity index (χ3n) is 7.22. The largest absolute Gasteiger partial charge is 0.481 e. The number of piperidine rings is 1. The Morgan fingerprint density at radius 1 is 1.09 bits per heavy atom. The van der Waals surface area contributed by atoms with Crippen molar-refractivity contribution in [3.8, 4) is 0 Å². The van der Waals surface area contributed by atoms with E-state index in [1.165, 1.54) is 23.0 Å². The van der Waals surface area contributed by atoms with Crippen LogP contribution in [0, 0.1) is 19.7 Å². The number of aromatic nitrogens is 2. The third-order valence-corrected chi connectivity index (χ3v) is 7.22. The molecule has 230 valence electrons. The predicted octanol–water partition coefficient (Wildman–Crippen LogP) is 2.55. The Balaban J connectivity index is 0.000000331. The van der Waals surface area contributed by atoms with Gasteiger partial charge in [0.15, 0.2) is 5.60 Å². The van der Waals surface area contributed by atoms with Crippen LogP contribution in [0.25, 0.3) is 0 Å². The maximum Gasteiger partial charge on any atom is 0.336 e. The highest BCUT2D eigenvalue weighted by Gasteiger charge is 2.40. The van der Waals surface area contributed by atoms with Crippen molar-refractivity contribution < 1.29 is 44.0 Å². The van der Waals surface area contributed by atoms with Gasteiger partial charge < -0.3 is 35.6 Å². The molecule has 0 spiro atoms. The van der Waals surface area contributed by atoms with Gasteiger partial charge in [-0.3, -0.25) is 19.4 Å². The van der Waals surface area contributed by atoms with Crippen molar-refractivity contribution in [3.63, 3.8) is 0 Å². The van der Waals surface area contributed by atoms with Crippen LogP contribution < -0.4 is 10.6 Å². The Morgan fingerprint density at radius 3 is 2.35 bits per heavy atom. The second-order valence-corrected chi connectivity index (χ2v) is 10.4. The number of aliphatic hydroxyl groups is 1. The van der Waals surface area contributed by atoms with Crippen molar-refractivity contribution in [3.05, 3.63) is 88.8 Å². The van der Waals surface area contributed by atoms with Crippen molar-refractivity contribution in [1.82, 2.24) is 20.2 Å². The first-order valence-corrected chi connectivity index (χ1v) is 13.5. The minimum absolute atomic E-state index is 0.0269. The van der Waals surface area contributed by atoms with Crippen LogP contribution in [0.2, 0.25) is 0 Å². The monoisotopic (exact) mass is 598 g/mol. The fourth-order valence-electron chi connectivity index (χ4n) is 4.97. The van der Waals surface area contributed by atoms with Crippen molar-refractivity contribution >= 4 is 23.8 Å². The fourth-order valence-corrected chi connectivity index (χ4v) is 4.97. The average Bonchev–Trinajstić information content (AvgIpc) is 3.20. The van der Waals surface area contributed by atoms with E-state index in [4.69, 9.17) is 20.4 Å². The van der Waals surface area contributed by atoms with Crippen molar-refractivity contribution in [2.75, 3.05) is 0 Å². The first-order valence-electron chi connectivity index (χ1n) is 13.5. The molecule has 13 heteroatoms. The molecule has 1 saturated heterocycles. The van der Waals surface area contributed by atoms with Crippen LogP contribution in [0.15, 0.2) is 54.9 Å². The smallest absolute Gasteiger partial charge is 0.336 e. The van der Waals surface area contributed by atoms with Crippen LogP contribution in [-0.4, -0.2) is 65.4 Å². The molecule has 3 aromatic rings. The predicted molar refractivity (Wildman–Crippen MR) is 151 cm³/mol. The van der Waals surface area contributed by atoms with E-state index in [0.29, 0.717) is 24.9 Å². The Bertz CT molecular complexity index is 1440. The third kappa shape index (κ3) is 8.93. The van der Waals surface area contributed by atoms with Crippen LogP contribution >= 0.6 is 0 Å². The molecule has 1 aliphatic heterocycles. The molecule has 4 rings (SSSR count). The van der Waals surface area contributed by atoms with Gasteiger partial charge in [-0.2, -0.15) is 0 Å². The fraction of sp³-hybridized carbons (Fsp3) is 0.367. The number of carboxylic acids is 3. The van der Waals surface area contributed by atoms with Gasteiger partial charge in [-0.25, -0.2) is 9.18 Å². The Morgan fingerprint density at radius 2 is 1.77 bits per heavy atom. The standard InChI is InChI=1S/C24H27FN4O.C6H8O7/c1-16-12-19(17(2)29(16)15-18-6-5-11-26-13-18)14-27-22-9-10-23(30)28-24(22)20-7-3-4-8-21(20)25;7-3(8)1-6(13,5(11)12)2-4(9)10/h3-8,11-13,22,24,27H,9-10,14-15H2,1-2H3,(H,28,30);13H,1-2H2,(H,7,8)(H,9,10)(H,11,12)/t22-,24+;/m1./s1. The average molecular weight is 599 g/mol. The van der Waals surface area contributed by atoms with Crippen LogP contribution in [0.3, 0.4) is 0 Å². The van der Waals surface area contributed by atoms with Gasteiger partial charge in [-0.05, 0) is 49.6 Å². The summed E-state index contributed by atoms with van der Waals surface area (Å²) in [6.45, 7) is 5.67. The molecule has 1 aromatic carbocycles. The molecular formula is C30H35FN4O8. The highest BCUT2D eigenvalue weighted by Crippen LogP contribution is 2.27. The van der Waals surface area contributed by atoms with Gasteiger partial charge in [0, 0.05) is 54.9 Å². The minimum Gasteiger partial charge on any atom is -0.481 e. The molecule has 1 fully saturated rings. The number of carboxylic acid groups (broad SMARTS) is 3. The van der Waals surface area contributed by atoms with E-state index in [-0.39, 0.29) is 23.8 Å². The summed E-state index contributed by atoms with van der Waals surface area (Å²) in [5.74, 6) is -5.34. The highest BCUT2D eigenvalue weighted by molar-refractivity contribution is 5.88. The molecule has 12 nitrogen and oxygen atoms in total. The molecule has 6 N–H and O–H groups in total. The lowest BCUT2D eigenvalue weighted by molar-refractivity contribution is -0.170. The summed E-state index contributed by atoms with van der Waals surface area (Å²) in [5, 5.41) is 40.4. The number of amides is 1. The summed E-state index contributed by atoms with van der Waals surface area (Å²) in [6.07, 6.45) is 2.51. The minimum atomic E-state index is -2.74. The van der Waals surface area contributed by atoms with Crippen LogP contribution in [0.1, 0.15) is 59.8 Å². The van der Waals surface area contributed by atoms with E-state index >= 15 is 0 Å². The molecule has 0 bridgehead atoms. The van der Waals surface area contributed by atoms with Gasteiger partial charge in [0.1, 0.15) is 5.82 Å². The topological polar surface area (TPSA) is 191 Å². The number of aryl methyl sites for hydroxylation is 1. The highest BCUT2D eigenvalue weighted by atomic mass is 19.1. The van der Waals surface area contributed by atoms with Crippen LogP contribution in [0.4, 0.5) is 4.39 Å². The zero-order valence-corrected chi connectivity index (χ0v) is 23.8. The molecule has 1 aliphatic rings. The zero-order valence-electron chi connectivity index (χ0n) is 23.8. The number of pyridine rings is 1. The van der Waals surface area contributed by atoms with Gasteiger partial charge in [-0.15, -0.1) is 0 Å². The van der Waals surface area contributed by atoms with Crippen molar-refractivity contribution in [1.29, 1.82) is 0 Å². The number of hydrogen-bond donors (Lipinski definition) is 6. The molecule has 2 atom stereocenters. The number of nitrogens with zero attached hydrogens (tertiary/aromatic N) is 2. The van der Waals surface area contributed by atoms with E-state index in [1.807, 2.05) is 18.3 Å². The lowest BCUT2D eigenvalue weighted by Crippen LogP contribution is -2.48. The van der Waals surface area contributed by atoms with E-state index < -0.39 is 36.4 Å². The first kappa shape index (κ1) is 32.9. The van der Waals surface area contributed by atoms with Gasteiger partial charge in [0.25, 0.3) is 0 Å². The SMILES string of the molecule is Cc1cc(CN[C@@H]2CCC(=O)N[C@H]2c2ccccc2F)c(C)n1Cc1cccnc1.O=C(O)CC(O)(CC(=O)O)C(=O)O. The Labute approximate surface area is 247 Å². The molecule has 0 aliphatic carbocycles. The van der Waals surface area contributed by atoms with Crippen molar-refractivity contribution in [2.24, 2.45) is 0 Å². The van der Waals surface area contributed by atoms with Crippen LogP contribution in [0.5, 0.6) is 0 Å². The first-order chi connectivity index (χ1) is 20.3. The second kappa shape index (κ2) is 14.5. The Kier molecular flexibility index (Phi) is 11.1. The van der Waals surface area contributed by atoms with Gasteiger partial charge >= 0.3 is 17.9 Å². The van der Waals surface area contributed by atoms with E-state index in [0.717, 1.165) is 12.1 Å². The summed E-state index contributed by atoms with van der Waals surface area (Å²) in [7, 11) is 0. The lowest BCUT2D eigenvalue weighted by Gasteiger charge is -2.33. The molecule has 0 radical (unpaired) electrons. The second-order valence-electron chi connectivity index (χ2n) is 10.4. The summed E-state index contributed by atoms with van der Waals surface area (Å²) < 4.78 is 16.7. The van der Waals surface area contributed by atoms with Gasteiger partial charge in [-0.1, -0.05) is 24.3 Å². The molecule has 3 heterocycles. The van der Waals surface area contributed by atoms with Gasteiger partial charge in [0.2, 0.25) is 5.91 Å². The normalized spacial score (nSPS) is 16.5. The molecule has 0 unspecified atom stereocenters. The zero-order chi connectivity index (χ0) is 31.7. The number of nitrogens with one attached hydrogen (secondary N) is 2. The molecule has 43 heavy (non-hydrogen) atoms. The summed E-state index contributed by atoms with van der Waals surface area (Å²) in [5.41, 5.74) is 2.55. The number of carbonyl (C=O) groups excluding carboxylic acids is 1. The summed E-state index contributed by atoms with van der Waals surface area (Å²) in [6, 6.07) is 12.5. The molecule has 2 aromatic heterocycles. The molecule has 0 saturated carbocycles. The number of carbonyl (C=O) groups is 4. The maximum atomic E-state index is 14.4. The summed E-state index contributed by atoms with van der Waals surface area (Å²) >= 11 is 0. The van der Waals surface area contributed by atoms with E-state index in [2.05, 4.69) is 46.2 Å². The number of halogens is 1. The Hall–Kier alpha value is -4.62. The van der Waals surface area contributed by atoms with Crippen molar-refractivity contribution in [2.45, 2.75) is 70.3 Å². The molecular weight excluding hydrogens is 563 g/mol. The van der Waals surface area contributed by atoms with E-state index in [9.17, 15) is 23.6 Å². The van der Waals surface area contributed by atoms with Crippen LogP contribution in [-0.2, 0) is 32.3 Å². The number of hydrogen-bond acceptors (Lipinski definition) is 7.